The summed E-state index contributed by atoms with van der Waals surface area (Å²) in [5.41, 5.74) is 0. The molecule has 1 heteroatoms. The van der Waals surface area contributed by atoms with Gasteiger partial charge in [0.05, 0.1) is 0 Å². The number of ketones is 1. The average Bonchev–Trinajstić information content (AvgIpc) is 2.32. The summed E-state index contributed by atoms with van der Waals surface area (Å²) in [4.78, 5) is 11.5. The van der Waals surface area contributed by atoms with Gasteiger partial charge in [-0.15, -0.1) is 0 Å². The Morgan fingerprint density at radius 2 is 2.23 bits per heavy atom. The van der Waals surface area contributed by atoms with Gasteiger partial charge in [-0.25, -0.2) is 0 Å². The Labute approximate surface area is 80.5 Å². The first-order valence-electron chi connectivity index (χ1n) is 5.15. The summed E-state index contributed by atoms with van der Waals surface area (Å²) in [5, 5.41) is 0. The average molecular weight is 178 g/mol. The Morgan fingerprint density at radius 1 is 1.38 bits per heavy atom. The van der Waals surface area contributed by atoms with Crippen LogP contribution in [0.15, 0.2) is 24.8 Å². The molecule has 1 aliphatic carbocycles. The molecule has 1 atom stereocenters. The fourth-order valence-corrected chi connectivity index (χ4v) is 1.82. The van der Waals surface area contributed by atoms with E-state index in [0.717, 1.165) is 25.7 Å². The summed E-state index contributed by atoms with van der Waals surface area (Å²) in [6, 6.07) is 0. The number of hydrogen-bond donors (Lipinski definition) is 0. The van der Waals surface area contributed by atoms with Gasteiger partial charge >= 0.3 is 0 Å². The van der Waals surface area contributed by atoms with Gasteiger partial charge in [0.1, 0.15) is 5.78 Å². The SMILES string of the molecule is C=C/C=C/CC1CCCCCC1=O. The summed E-state index contributed by atoms with van der Waals surface area (Å²) >= 11 is 0. The van der Waals surface area contributed by atoms with Crippen molar-refractivity contribution >= 4 is 5.78 Å². The van der Waals surface area contributed by atoms with E-state index in [2.05, 4.69) is 12.7 Å². The summed E-state index contributed by atoms with van der Waals surface area (Å²) in [5.74, 6) is 0.755. The van der Waals surface area contributed by atoms with Crippen molar-refractivity contribution in [3.63, 3.8) is 0 Å². The van der Waals surface area contributed by atoms with Crippen LogP contribution in [0.4, 0.5) is 0 Å². The number of rotatable bonds is 3. The minimum atomic E-state index is 0.290. The predicted molar refractivity (Wildman–Crippen MR) is 55.5 cm³/mol. The number of carbonyl (C=O) groups excluding carboxylic acids is 1. The van der Waals surface area contributed by atoms with Crippen molar-refractivity contribution in [2.75, 3.05) is 0 Å². The maximum atomic E-state index is 11.5. The minimum absolute atomic E-state index is 0.290. The fourth-order valence-electron chi connectivity index (χ4n) is 1.82. The van der Waals surface area contributed by atoms with Gasteiger partial charge in [-0.05, 0) is 19.3 Å². The monoisotopic (exact) mass is 178 g/mol. The lowest BCUT2D eigenvalue weighted by atomic mass is 9.95. The molecule has 0 spiro atoms. The molecule has 0 aromatic carbocycles. The van der Waals surface area contributed by atoms with Crippen LogP contribution in [0.5, 0.6) is 0 Å². The number of Topliss-reactive ketones (excluding diaryl/α,β-unsaturated/α-hetero) is 1. The Morgan fingerprint density at radius 3 is 3.00 bits per heavy atom. The van der Waals surface area contributed by atoms with E-state index in [9.17, 15) is 4.79 Å². The van der Waals surface area contributed by atoms with Crippen LogP contribution in [-0.4, -0.2) is 5.78 Å². The molecule has 0 saturated heterocycles. The lowest BCUT2D eigenvalue weighted by molar-refractivity contribution is -0.122. The van der Waals surface area contributed by atoms with Gasteiger partial charge in [-0.2, -0.15) is 0 Å². The Kier molecular flexibility index (Phi) is 4.52. The highest BCUT2D eigenvalue weighted by molar-refractivity contribution is 5.81. The maximum Gasteiger partial charge on any atom is 0.136 e. The first kappa shape index (κ1) is 10.2. The zero-order chi connectivity index (χ0) is 9.52. The van der Waals surface area contributed by atoms with E-state index < -0.39 is 0 Å². The molecule has 1 aliphatic rings. The summed E-state index contributed by atoms with van der Waals surface area (Å²) in [6.45, 7) is 3.61. The standard InChI is InChI=1S/C12H18O/c1-2-3-5-8-11-9-6-4-7-10-12(11)13/h2-3,5,11H,1,4,6-10H2/b5-3+. The van der Waals surface area contributed by atoms with Crippen LogP contribution in [0.3, 0.4) is 0 Å². The lowest BCUT2D eigenvalue weighted by Crippen LogP contribution is -2.11. The Balaban J connectivity index is 2.40. The van der Waals surface area contributed by atoms with Gasteiger partial charge in [0.25, 0.3) is 0 Å². The lowest BCUT2D eigenvalue weighted by Gasteiger charge is -2.08. The van der Waals surface area contributed by atoms with Crippen molar-refractivity contribution in [1.29, 1.82) is 0 Å². The molecule has 0 aromatic rings. The van der Waals surface area contributed by atoms with Gasteiger partial charge in [0.15, 0.2) is 0 Å². The molecule has 0 heterocycles. The molecule has 1 rings (SSSR count). The van der Waals surface area contributed by atoms with E-state index in [4.69, 9.17) is 0 Å². The topological polar surface area (TPSA) is 17.1 Å². The van der Waals surface area contributed by atoms with Crippen molar-refractivity contribution in [1.82, 2.24) is 0 Å². The third-order valence-electron chi connectivity index (χ3n) is 2.62. The first-order chi connectivity index (χ1) is 6.34. The highest BCUT2D eigenvalue weighted by atomic mass is 16.1. The molecule has 0 aromatic heterocycles. The summed E-state index contributed by atoms with van der Waals surface area (Å²) < 4.78 is 0. The second-order valence-electron chi connectivity index (χ2n) is 3.66. The second kappa shape index (κ2) is 5.74. The highest BCUT2D eigenvalue weighted by Gasteiger charge is 2.18. The van der Waals surface area contributed by atoms with Crippen molar-refractivity contribution in [2.45, 2.75) is 38.5 Å². The largest absolute Gasteiger partial charge is 0.299 e. The predicted octanol–water partition coefficient (Wildman–Crippen LogP) is 3.27. The number of allylic oxidation sites excluding steroid dienone is 3. The normalized spacial score (nSPS) is 24.6. The highest BCUT2D eigenvalue weighted by Crippen LogP contribution is 2.22. The molecule has 0 amide bonds. The number of carbonyl (C=O) groups is 1. The van der Waals surface area contributed by atoms with E-state index in [0.29, 0.717) is 11.7 Å². The quantitative estimate of drug-likeness (QED) is 0.479. The van der Waals surface area contributed by atoms with Crippen molar-refractivity contribution in [2.24, 2.45) is 5.92 Å². The minimum Gasteiger partial charge on any atom is -0.299 e. The molecule has 0 aliphatic heterocycles. The van der Waals surface area contributed by atoms with E-state index in [1.54, 1.807) is 6.08 Å². The first-order valence-corrected chi connectivity index (χ1v) is 5.15. The van der Waals surface area contributed by atoms with Gasteiger partial charge in [-0.3, -0.25) is 4.79 Å². The van der Waals surface area contributed by atoms with Crippen molar-refractivity contribution in [3.8, 4) is 0 Å². The van der Waals surface area contributed by atoms with E-state index >= 15 is 0 Å². The van der Waals surface area contributed by atoms with E-state index in [-0.39, 0.29) is 0 Å². The number of hydrogen-bond acceptors (Lipinski definition) is 1. The molecule has 1 nitrogen and oxygen atoms in total. The molecule has 13 heavy (non-hydrogen) atoms. The van der Waals surface area contributed by atoms with Crippen LogP contribution >= 0.6 is 0 Å². The molecule has 1 fully saturated rings. The van der Waals surface area contributed by atoms with Crippen molar-refractivity contribution in [3.05, 3.63) is 24.8 Å². The summed E-state index contributed by atoms with van der Waals surface area (Å²) in [7, 11) is 0. The van der Waals surface area contributed by atoms with Crippen LogP contribution in [0.25, 0.3) is 0 Å². The van der Waals surface area contributed by atoms with Gasteiger partial charge in [0.2, 0.25) is 0 Å². The Hall–Kier alpha value is -0.850. The third kappa shape index (κ3) is 3.58. The van der Waals surface area contributed by atoms with Crippen molar-refractivity contribution < 1.29 is 4.79 Å². The molecular formula is C12H18O. The molecule has 72 valence electrons. The van der Waals surface area contributed by atoms with Crippen LogP contribution in [0, 0.1) is 5.92 Å². The Bertz CT molecular complexity index is 203. The molecule has 0 bridgehead atoms. The zero-order valence-electron chi connectivity index (χ0n) is 8.17. The maximum absolute atomic E-state index is 11.5. The molecular weight excluding hydrogens is 160 g/mol. The summed E-state index contributed by atoms with van der Waals surface area (Å²) in [6.07, 6.45) is 12.1. The van der Waals surface area contributed by atoms with Gasteiger partial charge in [0, 0.05) is 12.3 Å². The van der Waals surface area contributed by atoms with E-state index in [1.165, 1.54) is 12.8 Å². The molecule has 0 N–H and O–H groups in total. The van der Waals surface area contributed by atoms with Crippen LogP contribution in [0.2, 0.25) is 0 Å². The van der Waals surface area contributed by atoms with Gasteiger partial charge in [-0.1, -0.05) is 37.6 Å². The van der Waals surface area contributed by atoms with Gasteiger partial charge < -0.3 is 0 Å². The third-order valence-corrected chi connectivity index (χ3v) is 2.62. The van der Waals surface area contributed by atoms with Crippen LogP contribution in [0.1, 0.15) is 38.5 Å². The fraction of sp³-hybridized carbons (Fsp3) is 0.583. The van der Waals surface area contributed by atoms with Crippen LogP contribution < -0.4 is 0 Å². The molecule has 1 saturated carbocycles. The smallest absolute Gasteiger partial charge is 0.136 e. The zero-order valence-corrected chi connectivity index (χ0v) is 8.17. The molecule has 0 radical (unpaired) electrons. The van der Waals surface area contributed by atoms with E-state index in [1.807, 2.05) is 6.08 Å². The molecule has 1 unspecified atom stereocenters. The van der Waals surface area contributed by atoms with Crippen LogP contribution in [-0.2, 0) is 4.79 Å². The second-order valence-corrected chi connectivity index (χ2v) is 3.66.